The van der Waals surface area contributed by atoms with Crippen molar-refractivity contribution in [3.8, 4) is 23.0 Å². The zero-order valence-corrected chi connectivity index (χ0v) is 20.6. The summed E-state index contributed by atoms with van der Waals surface area (Å²) in [5, 5.41) is 0. The molecule has 0 aromatic heterocycles. The summed E-state index contributed by atoms with van der Waals surface area (Å²) in [6.07, 6.45) is 9.01. The number of ether oxygens (including phenoxy) is 4. The van der Waals surface area contributed by atoms with Gasteiger partial charge < -0.3 is 24.8 Å². The molecule has 0 radical (unpaired) electrons. The second-order valence-corrected chi connectivity index (χ2v) is 10.3. The standard InChI is InChI=1S/2C11H11O2.2ClH.Zr/c2*1-12-10-6-7-11(13-2)9-5-3-4-8(9)10;;;/h2*3-7H,1-2H3;2*1H;/q;;;;+2/p-2. The molecule has 152 valence electrons. The number of benzene rings is 2. The monoisotopic (exact) mass is 510 g/mol. The summed E-state index contributed by atoms with van der Waals surface area (Å²) in [7, 11) is 6.91. The van der Waals surface area contributed by atoms with Gasteiger partial charge in [-0.05, 0) is 0 Å². The van der Waals surface area contributed by atoms with Crippen molar-refractivity contribution in [1.29, 1.82) is 0 Å². The van der Waals surface area contributed by atoms with Crippen LogP contribution >= 0.6 is 0 Å². The van der Waals surface area contributed by atoms with Gasteiger partial charge >= 0.3 is 172 Å². The topological polar surface area (TPSA) is 36.9 Å². The van der Waals surface area contributed by atoms with Gasteiger partial charge in [0.2, 0.25) is 0 Å². The van der Waals surface area contributed by atoms with Crippen molar-refractivity contribution in [2.24, 2.45) is 0 Å². The predicted molar refractivity (Wildman–Crippen MR) is 103 cm³/mol. The summed E-state index contributed by atoms with van der Waals surface area (Å²) < 4.78 is 23.3. The van der Waals surface area contributed by atoms with E-state index in [1.54, 1.807) is 28.4 Å². The van der Waals surface area contributed by atoms with Crippen molar-refractivity contribution in [3.05, 3.63) is 58.7 Å². The summed E-state index contributed by atoms with van der Waals surface area (Å²) in [5.41, 5.74) is 4.85. The summed E-state index contributed by atoms with van der Waals surface area (Å²) >= 11 is -0.951. The Bertz CT molecular complexity index is 867. The normalized spacial score (nSPS) is 17.4. The quantitative estimate of drug-likeness (QED) is 0.480. The van der Waals surface area contributed by atoms with Crippen LogP contribution in [0.2, 0.25) is 0 Å². The van der Waals surface area contributed by atoms with Crippen LogP contribution in [-0.2, 0) is 23.2 Å². The molecule has 29 heavy (non-hydrogen) atoms. The molecule has 0 N–H and O–H groups in total. The smallest absolute Gasteiger partial charge is 1.00 e. The van der Waals surface area contributed by atoms with E-state index in [4.69, 9.17) is 18.9 Å². The second kappa shape index (κ2) is 10.1. The molecule has 4 rings (SSSR count). The Morgan fingerprint density at radius 2 is 0.931 bits per heavy atom. The molecule has 0 bridgehead atoms. The van der Waals surface area contributed by atoms with Gasteiger partial charge in [-0.1, -0.05) is 0 Å². The molecule has 0 amide bonds. The molecule has 2 atom stereocenters. The average molecular weight is 513 g/mol. The number of halogens is 2. The van der Waals surface area contributed by atoms with Gasteiger partial charge in [-0.3, -0.25) is 0 Å². The Balaban J connectivity index is 0.00000150. The van der Waals surface area contributed by atoms with Crippen LogP contribution in [0.1, 0.15) is 29.5 Å². The van der Waals surface area contributed by atoms with Crippen LogP contribution in [0.5, 0.6) is 23.0 Å². The molecule has 4 nitrogen and oxygen atoms in total. The van der Waals surface area contributed by atoms with E-state index in [-0.39, 0.29) is 24.8 Å². The van der Waals surface area contributed by atoms with Crippen LogP contribution < -0.4 is 43.8 Å². The maximum Gasteiger partial charge on any atom is -1.00 e. The van der Waals surface area contributed by atoms with Crippen molar-refractivity contribution in [2.45, 2.75) is 7.25 Å². The first-order chi connectivity index (χ1) is 13.2. The molecule has 0 saturated heterocycles. The first-order valence-electron chi connectivity index (χ1n) is 8.84. The fraction of sp³-hybridized carbons (Fsp3) is 0.273. The molecule has 0 spiro atoms. The van der Waals surface area contributed by atoms with Crippen LogP contribution in [0, 0.1) is 0 Å². The number of hydrogen-bond acceptors (Lipinski definition) is 4. The number of rotatable bonds is 6. The van der Waals surface area contributed by atoms with Crippen LogP contribution in [0.4, 0.5) is 0 Å². The van der Waals surface area contributed by atoms with E-state index in [1.807, 2.05) is 24.3 Å². The molecule has 2 aliphatic rings. The fourth-order valence-electron chi connectivity index (χ4n) is 3.94. The van der Waals surface area contributed by atoms with Crippen LogP contribution in [0.15, 0.2) is 36.4 Å². The van der Waals surface area contributed by atoms with Crippen molar-refractivity contribution in [1.82, 2.24) is 0 Å². The summed E-state index contributed by atoms with van der Waals surface area (Å²) in [6, 6.07) is 7.99. The minimum absolute atomic E-state index is 0. The molecule has 2 aliphatic carbocycles. The number of hydrogen-bond donors (Lipinski definition) is 0. The van der Waals surface area contributed by atoms with Gasteiger partial charge in [-0.2, -0.15) is 0 Å². The van der Waals surface area contributed by atoms with Crippen molar-refractivity contribution in [3.63, 3.8) is 0 Å². The Morgan fingerprint density at radius 3 is 1.28 bits per heavy atom. The molecule has 0 fully saturated rings. The van der Waals surface area contributed by atoms with Gasteiger partial charge in [-0.15, -0.1) is 0 Å². The maximum atomic E-state index is 5.67. The largest absolute Gasteiger partial charge is 1.00 e. The van der Waals surface area contributed by atoms with Crippen molar-refractivity contribution < 1.29 is 67.0 Å². The predicted octanol–water partition coefficient (Wildman–Crippen LogP) is -1.35. The van der Waals surface area contributed by atoms with E-state index in [0.717, 1.165) is 34.1 Å². The SMILES string of the molecule is COc1ccc(OC)c2c1C=C[CH]2[Zr+2][CH]1C=Cc2c(OC)ccc(OC)c21.[Cl-].[Cl-]. The zero-order valence-electron chi connectivity index (χ0n) is 16.7. The van der Waals surface area contributed by atoms with Gasteiger partial charge in [0.25, 0.3) is 0 Å². The average Bonchev–Trinajstić information content (AvgIpc) is 3.32. The number of allylic oxidation sites excluding steroid dienone is 2. The van der Waals surface area contributed by atoms with E-state index < -0.39 is 23.2 Å². The third-order valence-corrected chi connectivity index (χ3v) is 9.32. The van der Waals surface area contributed by atoms with Gasteiger partial charge in [0, 0.05) is 0 Å². The Morgan fingerprint density at radius 1 is 0.586 bits per heavy atom. The maximum absolute atomic E-state index is 5.67. The van der Waals surface area contributed by atoms with Crippen molar-refractivity contribution in [2.75, 3.05) is 28.4 Å². The first kappa shape index (κ1) is 23.9. The third-order valence-electron chi connectivity index (χ3n) is 5.19. The second-order valence-electron chi connectivity index (χ2n) is 6.44. The Hall–Kier alpha value is -1.42. The molecular weight excluding hydrogens is 490 g/mol. The van der Waals surface area contributed by atoms with Crippen LogP contribution in [0.3, 0.4) is 0 Å². The minimum Gasteiger partial charge on any atom is -1.00 e. The van der Waals surface area contributed by atoms with E-state index in [0.29, 0.717) is 7.25 Å². The van der Waals surface area contributed by atoms with Crippen LogP contribution in [0.25, 0.3) is 12.2 Å². The fourth-order valence-corrected chi connectivity index (χ4v) is 8.19. The number of methoxy groups -OCH3 is 4. The van der Waals surface area contributed by atoms with Crippen LogP contribution in [-0.4, -0.2) is 28.4 Å². The summed E-state index contributed by atoms with van der Waals surface area (Å²) in [6.45, 7) is 0. The molecule has 7 heteroatoms. The molecule has 2 aromatic carbocycles. The van der Waals surface area contributed by atoms with Gasteiger partial charge in [0.15, 0.2) is 0 Å². The molecule has 2 unspecified atom stereocenters. The van der Waals surface area contributed by atoms with E-state index in [1.165, 1.54) is 11.1 Å². The van der Waals surface area contributed by atoms with E-state index >= 15 is 0 Å². The minimum atomic E-state index is -0.951. The Labute approximate surface area is 195 Å². The van der Waals surface area contributed by atoms with Gasteiger partial charge in [0.1, 0.15) is 0 Å². The molecule has 2 aromatic rings. The summed E-state index contributed by atoms with van der Waals surface area (Å²) in [5.74, 6) is 3.71. The van der Waals surface area contributed by atoms with E-state index in [9.17, 15) is 0 Å². The zero-order chi connectivity index (χ0) is 19.0. The number of fused-ring (bicyclic) bond motifs is 2. The van der Waals surface area contributed by atoms with Gasteiger partial charge in [-0.25, -0.2) is 0 Å². The van der Waals surface area contributed by atoms with Gasteiger partial charge in [0.05, 0.1) is 0 Å². The molecule has 0 saturated carbocycles. The molecular formula is C22H22Cl2O4Zr. The summed E-state index contributed by atoms with van der Waals surface area (Å²) in [4.78, 5) is 0. The molecule has 0 aliphatic heterocycles. The third kappa shape index (κ3) is 4.10. The van der Waals surface area contributed by atoms with Crippen molar-refractivity contribution >= 4 is 12.2 Å². The first-order valence-corrected chi connectivity index (χ1v) is 11.7. The van der Waals surface area contributed by atoms with E-state index in [2.05, 4.69) is 24.3 Å². The Kier molecular flexibility index (Phi) is 8.28. The molecule has 0 heterocycles.